The molecule has 0 bridgehead atoms. The molecule has 0 aliphatic heterocycles. The van der Waals surface area contributed by atoms with Crippen LogP contribution >= 0.6 is 0 Å². The number of aldehydes is 1. The fourth-order valence-electron chi connectivity index (χ4n) is 2.47. The lowest BCUT2D eigenvalue weighted by Crippen LogP contribution is -2.35. The van der Waals surface area contributed by atoms with Crippen LogP contribution in [0, 0.1) is 0 Å². The minimum absolute atomic E-state index is 0.605. The van der Waals surface area contributed by atoms with E-state index in [-0.39, 0.29) is 0 Å². The van der Waals surface area contributed by atoms with Crippen molar-refractivity contribution in [3.63, 3.8) is 0 Å². The molecule has 0 aromatic heterocycles. The number of nitrogens with one attached hydrogen (secondary N) is 1. The van der Waals surface area contributed by atoms with Gasteiger partial charge in [0.15, 0.2) is 0 Å². The molecular formula is C21H33NO4. The Labute approximate surface area is 157 Å². The van der Waals surface area contributed by atoms with Gasteiger partial charge in [-0.2, -0.15) is 0 Å². The van der Waals surface area contributed by atoms with Gasteiger partial charge in [-0.05, 0) is 44.9 Å². The molecule has 0 heterocycles. The summed E-state index contributed by atoms with van der Waals surface area (Å²) >= 11 is 0. The Morgan fingerprint density at radius 2 is 1.69 bits per heavy atom. The summed E-state index contributed by atoms with van der Waals surface area (Å²) in [6.45, 7) is 8.24. The molecular weight excluding hydrogens is 330 g/mol. The summed E-state index contributed by atoms with van der Waals surface area (Å²) in [6.07, 6.45) is 7.42. The van der Waals surface area contributed by atoms with Crippen LogP contribution in [0.4, 0.5) is 4.79 Å². The average molecular weight is 363 g/mol. The van der Waals surface area contributed by atoms with Crippen LogP contribution < -0.4 is 10.1 Å². The number of benzene rings is 1. The first-order valence-corrected chi connectivity index (χ1v) is 9.53. The molecule has 0 saturated heterocycles. The number of alkyl carbamates (subject to hydrolysis) is 1. The zero-order chi connectivity index (χ0) is 19.4. The summed E-state index contributed by atoms with van der Waals surface area (Å²) in [7, 11) is 0. The maximum Gasteiger partial charge on any atom is 0.408 e. The monoisotopic (exact) mass is 363 g/mol. The molecule has 0 saturated carbocycles. The minimum atomic E-state index is -0.738. The third-order valence-corrected chi connectivity index (χ3v) is 3.81. The Balaban J connectivity index is 2.41. The summed E-state index contributed by atoms with van der Waals surface area (Å²) in [5.74, 6) is 0.768. The zero-order valence-electron chi connectivity index (χ0n) is 16.5. The van der Waals surface area contributed by atoms with E-state index in [1.54, 1.807) is 32.9 Å². The highest BCUT2D eigenvalue weighted by atomic mass is 16.6. The summed E-state index contributed by atoms with van der Waals surface area (Å²) in [5.41, 5.74) is 0.0870. The highest BCUT2D eigenvalue weighted by molar-refractivity contribution is 5.74. The van der Waals surface area contributed by atoms with Crippen molar-refractivity contribution in [2.24, 2.45) is 0 Å². The van der Waals surface area contributed by atoms with Gasteiger partial charge < -0.3 is 19.6 Å². The van der Waals surface area contributed by atoms with Gasteiger partial charge in [0.05, 0.1) is 6.61 Å². The number of unbranched alkanes of at least 4 members (excludes halogenated alkanes) is 5. The molecule has 0 aliphatic carbocycles. The largest absolute Gasteiger partial charge is 0.494 e. The molecule has 5 nitrogen and oxygen atoms in total. The molecule has 0 aliphatic rings. The number of hydrogen-bond acceptors (Lipinski definition) is 4. The van der Waals surface area contributed by atoms with Gasteiger partial charge in [0, 0.05) is 0 Å². The third-order valence-electron chi connectivity index (χ3n) is 3.81. The van der Waals surface area contributed by atoms with Gasteiger partial charge in [0.2, 0.25) is 0 Å². The Morgan fingerprint density at radius 1 is 1.08 bits per heavy atom. The van der Waals surface area contributed by atoms with Crippen molar-refractivity contribution in [3.8, 4) is 5.75 Å². The van der Waals surface area contributed by atoms with E-state index < -0.39 is 17.7 Å². The van der Waals surface area contributed by atoms with Crippen LogP contribution in [0.25, 0.3) is 0 Å². The van der Waals surface area contributed by atoms with Gasteiger partial charge in [-0.3, -0.25) is 0 Å². The molecule has 1 N–H and O–H groups in total. The second-order valence-electron chi connectivity index (χ2n) is 7.45. The van der Waals surface area contributed by atoms with Gasteiger partial charge in [-0.15, -0.1) is 0 Å². The Kier molecular flexibility index (Phi) is 9.78. The van der Waals surface area contributed by atoms with E-state index in [1.165, 1.54) is 32.1 Å². The SMILES string of the molecule is CCCCCCCCOc1ccc(C(C=O)NC(=O)OC(C)(C)C)cc1. The second kappa shape index (κ2) is 11.6. The Hall–Kier alpha value is -2.04. The van der Waals surface area contributed by atoms with E-state index in [2.05, 4.69) is 12.2 Å². The summed E-state index contributed by atoms with van der Waals surface area (Å²) in [6, 6.07) is 6.47. The molecule has 1 amide bonds. The topological polar surface area (TPSA) is 64.6 Å². The molecule has 1 aromatic rings. The molecule has 26 heavy (non-hydrogen) atoms. The lowest BCUT2D eigenvalue weighted by molar-refractivity contribution is -0.109. The Bertz CT molecular complexity index is 534. The molecule has 1 atom stereocenters. The molecule has 0 spiro atoms. The molecule has 0 radical (unpaired) electrons. The molecule has 0 fully saturated rings. The lowest BCUT2D eigenvalue weighted by Gasteiger charge is -2.21. The molecule has 1 unspecified atom stereocenters. The van der Waals surface area contributed by atoms with E-state index in [9.17, 15) is 9.59 Å². The van der Waals surface area contributed by atoms with Gasteiger partial charge >= 0.3 is 6.09 Å². The average Bonchev–Trinajstić information content (AvgIpc) is 2.58. The van der Waals surface area contributed by atoms with E-state index in [0.717, 1.165) is 12.2 Å². The highest BCUT2D eigenvalue weighted by Crippen LogP contribution is 2.18. The van der Waals surface area contributed by atoms with Gasteiger partial charge in [-0.25, -0.2) is 4.79 Å². The van der Waals surface area contributed by atoms with Crippen molar-refractivity contribution in [3.05, 3.63) is 29.8 Å². The van der Waals surface area contributed by atoms with E-state index in [4.69, 9.17) is 9.47 Å². The fourth-order valence-corrected chi connectivity index (χ4v) is 2.47. The third kappa shape index (κ3) is 9.44. The number of amides is 1. The number of carbonyl (C=O) groups is 2. The standard InChI is InChI=1S/C21H33NO4/c1-5-6-7-8-9-10-15-25-18-13-11-17(12-14-18)19(16-23)22-20(24)26-21(2,3)4/h11-14,16,19H,5-10,15H2,1-4H3,(H,22,24). The number of rotatable bonds is 11. The van der Waals surface area contributed by atoms with Crippen LogP contribution in [0.1, 0.15) is 77.8 Å². The smallest absolute Gasteiger partial charge is 0.408 e. The van der Waals surface area contributed by atoms with Crippen molar-refractivity contribution in [2.75, 3.05) is 6.61 Å². The maximum atomic E-state index is 11.8. The molecule has 146 valence electrons. The fraction of sp³-hybridized carbons (Fsp3) is 0.619. The van der Waals surface area contributed by atoms with Crippen LogP contribution in [0.5, 0.6) is 5.75 Å². The first-order valence-electron chi connectivity index (χ1n) is 9.53. The normalized spacial score (nSPS) is 12.3. The van der Waals surface area contributed by atoms with Crippen molar-refractivity contribution in [1.82, 2.24) is 5.32 Å². The lowest BCUT2D eigenvalue weighted by atomic mass is 10.1. The minimum Gasteiger partial charge on any atom is -0.494 e. The van der Waals surface area contributed by atoms with Gasteiger partial charge in [0.25, 0.3) is 0 Å². The summed E-state index contributed by atoms with van der Waals surface area (Å²) < 4.78 is 10.9. The quantitative estimate of drug-likeness (QED) is 0.434. The van der Waals surface area contributed by atoms with E-state index in [1.807, 2.05) is 12.1 Å². The Morgan fingerprint density at radius 3 is 2.27 bits per heavy atom. The van der Waals surface area contributed by atoms with Crippen molar-refractivity contribution in [2.45, 2.75) is 77.9 Å². The second-order valence-corrected chi connectivity index (χ2v) is 7.45. The zero-order valence-corrected chi connectivity index (χ0v) is 16.5. The first-order chi connectivity index (χ1) is 12.4. The first kappa shape index (κ1) is 22.0. The van der Waals surface area contributed by atoms with E-state index in [0.29, 0.717) is 18.5 Å². The van der Waals surface area contributed by atoms with Gasteiger partial charge in [0.1, 0.15) is 23.7 Å². The van der Waals surface area contributed by atoms with Crippen LogP contribution in [0.2, 0.25) is 0 Å². The summed E-state index contributed by atoms with van der Waals surface area (Å²) in [5, 5.41) is 2.57. The predicted octanol–water partition coefficient (Wildman–Crippen LogP) is 5.19. The van der Waals surface area contributed by atoms with Crippen molar-refractivity contribution in [1.29, 1.82) is 0 Å². The van der Waals surface area contributed by atoms with Crippen LogP contribution in [0.3, 0.4) is 0 Å². The highest BCUT2D eigenvalue weighted by Gasteiger charge is 2.20. The van der Waals surface area contributed by atoms with E-state index >= 15 is 0 Å². The molecule has 1 aromatic carbocycles. The number of ether oxygens (including phenoxy) is 2. The van der Waals surface area contributed by atoms with Gasteiger partial charge in [-0.1, -0.05) is 51.2 Å². The number of hydrogen-bond donors (Lipinski definition) is 1. The van der Waals surface area contributed by atoms with Crippen molar-refractivity contribution < 1.29 is 19.1 Å². The number of carbonyl (C=O) groups excluding carboxylic acids is 2. The van der Waals surface area contributed by atoms with Crippen LogP contribution in [-0.4, -0.2) is 24.6 Å². The van der Waals surface area contributed by atoms with Crippen LogP contribution in [-0.2, 0) is 9.53 Å². The predicted molar refractivity (Wildman–Crippen MR) is 103 cm³/mol. The maximum absolute atomic E-state index is 11.8. The molecule has 5 heteroatoms. The van der Waals surface area contributed by atoms with Crippen LogP contribution in [0.15, 0.2) is 24.3 Å². The van der Waals surface area contributed by atoms with Crippen molar-refractivity contribution >= 4 is 12.4 Å². The molecule has 1 rings (SSSR count). The summed E-state index contributed by atoms with van der Waals surface area (Å²) in [4.78, 5) is 23.1.